The van der Waals surface area contributed by atoms with E-state index in [1.54, 1.807) is 0 Å². The summed E-state index contributed by atoms with van der Waals surface area (Å²) in [5, 5.41) is 0. The van der Waals surface area contributed by atoms with Gasteiger partial charge in [-0.25, -0.2) is 0 Å². The van der Waals surface area contributed by atoms with Crippen molar-refractivity contribution in [3.63, 3.8) is 0 Å². The van der Waals surface area contributed by atoms with Gasteiger partial charge < -0.3 is 5.73 Å². The Labute approximate surface area is 97.7 Å². The summed E-state index contributed by atoms with van der Waals surface area (Å²) in [7, 11) is 0. The Balaban J connectivity index is 1.98. The van der Waals surface area contributed by atoms with Gasteiger partial charge in [0.2, 0.25) is 0 Å². The molecular weight excluding hydrogens is 198 g/mol. The molecule has 0 unspecified atom stereocenters. The van der Waals surface area contributed by atoms with Crippen molar-refractivity contribution in [1.82, 2.24) is 9.88 Å². The van der Waals surface area contributed by atoms with Crippen LogP contribution in [0.15, 0.2) is 18.5 Å². The zero-order valence-electron chi connectivity index (χ0n) is 10.0. The highest BCUT2D eigenvalue weighted by Crippen LogP contribution is 2.25. The van der Waals surface area contributed by atoms with E-state index in [4.69, 9.17) is 5.73 Å². The predicted octanol–water partition coefficient (Wildman–Crippen LogP) is 1.70. The Morgan fingerprint density at radius 1 is 1.44 bits per heavy atom. The Hall–Kier alpha value is -0.930. The van der Waals surface area contributed by atoms with Crippen molar-refractivity contribution < 1.29 is 0 Å². The van der Waals surface area contributed by atoms with Crippen LogP contribution in [0.4, 0.5) is 0 Å². The number of hydrogen-bond acceptors (Lipinski definition) is 3. The zero-order valence-corrected chi connectivity index (χ0v) is 10.0. The summed E-state index contributed by atoms with van der Waals surface area (Å²) < 4.78 is 0. The molecular formula is C13H21N3. The number of hydrogen-bond donors (Lipinski definition) is 1. The molecule has 3 nitrogen and oxygen atoms in total. The molecule has 0 saturated heterocycles. The van der Waals surface area contributed by atoms with Crippen LogP contribution in [0.1, 0.15) is 30.4 Å². The minimum absolute atomic E-state index is 0.746. The predicted molar refractivity (Wildman–Crippen MR) is 66.1 cm³/mol. The standard InChI is InChI=1S/C13H21N3/c1-11-7-12(9-15-8-11)10-16(6-5-14)13-3-2-4-13/h7-9,13H,2-6,10,14H2,1H3. The normalized spacial score (nSPS) is 16.4. The number of nitrogens with zero attached hydrogens (tertiary/aromatic N) is 2. The molecule has 88 valence electrons. The Bertz CT molecular complexity index is 334. The molecule has 0 amide bonds. The molecule has 0 spiro atoms. The molecule has 16 heavy (non-hydrogen) atoms. The summed E-state index contributed by atoms with van der Waals surface area (Å²) in [6.07, 6.45) is 7.91. The van der Waals surface area contributed by atoms with Gasteiger partial charge in [0.1, 0.15) is 0 Å². The van der Waals surface area contributed by atoms with Gasteiger partial charge in [0.15, 0.2) is 0 Å². The first-order valence-electron chi connectivity index (χ1n) is 6.14. The monoisotopic (exact) mass is 219 g/mol. The summed E-state index contributed by atoms with van der Waals surface area (Å²) in [6.45, 7) is 4.83. The number of aryl methyl sites for hydroxylation is 1. The Morgan fingerprint density at radius 2 is 2.25 bits per heavy atom. The lowest BCUT2D eigenvalue weighted by molar-refractivity contribution is 0.123. The maximum atomic E-state index is 5.67. The molecule has 1 aromatic rings. The van der Waals surface area contributed by atoms with Gasteiger partial charge >= 0.3 is 0 Å². The van der Waals surface area contributed by atoms with Crippen LogP contribution in [0.25, 0.3) is 0 Å². The van der Waals surface area contributed by atoms with Gasteiger partial charge in [-0.15, -0.1) is 0 Å². The van der Waals surface area contributed by atoms with Crippen molar-refractivity contribution in [1.29, 1.82) is 0 Å². The van der Waals surface area contributed by atoms with Gasteiger partial charge in [-0.05, 0) is 30.9 Å². The van der Waals surface area contributed by atoms with Crippen molar-refractivity contribution in [3.8, 4) is 0 Å². The van der Waals surface area contributed by atoms with Gasteiger partial charge in [-0.1, -0.05) is 12.5 Å². The van der Waals surface area contributed by atoms with E-state index in [0.29, 0.717) is 0 Å². The molecule has 1 heterocycles. The van der Waals surface area contributed by atoms with E-state index in [1.165, 1.54) is 30.4 Å². The van der Waals surface area contributed by atoms with Gasteiger partial charge in [-0.3, -0.25) is 9.88 Å². The molecule has 0 aliphatic heterocycles. The van der Waals surface area contributed by atoms with E-state index in [0.717, 1.165) is 25.7 Å². The highest BCUT2D eigenvalue weighted by molar-refractivity contribution is 5.16. The Kier molecular flexibility index (Phi) is 3.91. The third-order valence-corrected chi connectivity index (χ3v) is 3.32. The molecule has 1 saturated carbocycles. The maximum absolute atomic E-state index is 5.67. The number of aromatic nitrogens is 1. The average Bonchev–Trinajstić information content (AvgIpc) is 2.15. The van der Waals surface area contributed by atoms with E-state index >= 15 is 0 Å². The zero-order chi connectivity index (χ0) is 11.4. The van der Waals surface area contributed by atoms with Crippen LogP contribution in [0, 0.1) is 6.92 Å². The third-order valence-electron chi connectivity index (χ3n) is 3.32. The summed E-state index contributed by atoms with van der Waals surface area (Å²) in [5.74, 6) is 0. The first-order valence-corrected chi connectivity index (χ1v) is 6.14. The van der Waals surface area contributed by atoms with Crippen LogP contribution in [-0.2, 0) is 6.54 Å². The van der Waals surface area contributed by atoms with Crippen LogP contribution in [-0.4, -0.2) is 29.0 Å². The molecule has 1 aliphatic carbocycles. The fourth-order valence-corrected chi connectivity index (χ4v) is 2.25. The highest BCUT2D eigenvalue weighted by atomic mass is 15.2. The second-order valence-electron chi connectivity index (χ2n) is 4.71. The van der Waals surface area contributed by atoms with Gasteiger partial charge in [0.05, 0.1) is 0 Å². The molecule has 1 aliphatic rings. The first-order chi connectivity index (χ1) is 7.79. The van der Waals surface area contributed by atoms with Gasteiger partial charge in [-0.2, -0.15) is 0 Å². The van der Waals surface area contributed by atoms with Crippen molar-refractivity contribution in [2.75, 3.05) is 13.1 Å². The summed E-state index contributed by atoms with van der Waals surface area (Å²) in [4.78, 5) is 6.74. The second kappa shape index (κ2) is 5.41. The van der Waals surface area contributed by atoms with E-state index in [1.807, 2.05) is 12.4 Å². The molecule has 0 aromatic carbocycles. The lowest BCUT2D eigenvalue weighted by Gasteiger charge is -2.37. The van der Waals surface area contributed by atoms with Crippen LogP contribution >= 0.6 is 0 Å². The van der Waals surface area contributed by atoms with Crippen LogP contribution in [0.5, 0.6) is 0 Å². The lowest BCUT2D eigenvalue weighted by Crippen LogP contribution is -2.42. The molecule has 1 fully saturated rings. The Morgan fingerprint density at radius 3 is 2.81 bits per heavy atom. The number of nitrogens with two attached hydrogens (primary N) is 1. The minimum Gasteiger partial charge on any atom is -0.329 e. The van der Waals surface area contributed by atoms with Crippen molar-refractivity contribution in [2.24, 2.45) is 5.73 Å². The average molecular weight is 219 g/mol. The van der Waals surface area contributed by atoms with E-state index in [-0.39, 0.29) is 0 Å². The lowest BCUT2D eigenvalue weighted by atomic mass is 9.91. The topological polar surface area (TPSA) is 42.2 Å². The highest BCUT2D eigenvalue weighted by Gasteiger charge is 2.24. The molecule has 1 aromatic heterocycles. The summed E-state index contributed by atoms with van der Waals surface area (Å²) >= 11 is 0. The van der Waals surface area contributed by atoms with Gasteiger partial charge in [0.25, 0.3) is 0 Å². The quantitative estimate of drug-likeness (QED) is 0.819. The second-order valence-corrected chi connectivity index (χ2v) is 4.71. The van der Waals surface area contributed by atoms with Crippen LogP contribution < -0.4 is 5.73 Å². The van der Waals surface area contributed by atoms with Crippen LogP contribution in [0.2, 0.25) is 0 Å². The van der Waals surface area contributed by atoms with E-state index in [9.17, 15) is 0 Å². The first kappa shape index (κ1) is 11.6. The van der Waals surface area contributed by atoms with Crippen molar-refractivity contribution in [2.45, 2.75) is 38.8 Å². The fourth-order valence-electron chi connectivity index (χ4n) is 2.25. The van der Waals surface area contributed by atoms with Crippen molar-refractivity contribution in [3.05, 3.63) is 29.6 Å². The van der Waals surface area contributed by atoms with Crippen LogP contribution in [0.3, 0.4) is 0 Å². The van der Waals surface area contributed by atoms with E-state index < -0.39 is 0 Å². The molecule has 0 atom stereocenters. The molecule has 0 radical (unpaired) electrons. The number of rotatable bonds is 5. The molecule has 3 heteroatoms. The maximum Gasteiger partial charge on any atom is 0.0313 e. The largest absolute Gasteiger partial charge is 0.329 e. The molecule has 0 bridgehead atoms. The summed E-state index contributed by atoms with van der Waals surface area (Å²) in [6, 6.07) is 2.97. The van der Waals surface area contributed by atoms with Gasteiger partial charge in [0, 0.05) is 38.1 Å². The summed E-state index contributed by atoms with van der Waals surface area (Å²) in [5.41, 5.74) is 8.21. The smallest absolute Gasteiger partial charge is 0.0313 e. The minimum atomic E-state index is 0.746. The SMILES string of the molecule is Cc1cncc(CN(CCN)C2CCC2)c1. The fraction of sp³-hybridized carbons (Fsp3) is 0.615. The number of pyridine rings is 1. The third kappa shape index (κ3) is 2.80. The molecule has 2 rings (SSSR count). The molecule has 2 N–H and O–H groups in total. The van der Waals surface area contributed by atoms with Crippen molar-refractivity contribution >= 4 is 0 Å². The van der Waals surface area contributed by atoms with E-state index in [2.05, 4.69) is 22.9 Å².